The summed E-state index contributed by atoms with van der Waals surface area (Å²) in [6, 6.07) is 19.7. The van der Waals surface area contributed by atoms with Gasteiger partial charge in [-0.3, -0.25) is 14.7 Å². The van der Waals surface area contributed by atoms with Gasteiger partial charge >= 0.3 is 0 Å². The molecule has 0 radical (unpaired) electrons. The molecule has 6 heteroatoms. The van der Waals surface area contributed by atoms with Gasteiger partial charge in [0.15, 0.2) is 11.5 Å². The van der Waals surface area contributed by atoms with Crippen LogP contribution in [-0.2, 0) is 6.61 Å². The molecule has 2 heterocycles. The van der Waals surface area contributed by atoms with E-state index in [1.165, 1.54) is 18.4 Å². The van der Waals surface area contributed by atoms with Gasteiger partial charge in [0.05, 0.1) is 12.6 Å². The number of rotatable bonds is 10. The van der Waals surface area contributed by atoms with Gasteiger partial charge in [0.25, 0.3) is 5.91 Å². The molecule has 3 aromatic rings. The number of carbonyl (C=O) groups excluding carboxylic acids is 1. The van der Waals surface area contributed by atoms with Gasteiger partial charge < -0.3 is 14.8 Å². The molecule has 1 amide bonds. The van der Waals surface area contributed by atoms with Crippen LogP contribution in [-0.4, -0.2) is 42.0 Å². The second-order valence-corrected chi connectivity index (χ2v) is 8.12. The van der Waals surface area contributed by atoms with E-state index in [-0.39, 0.29) is 11.9 Å². The van der Waals surface area contributed by atoms with Crippen molar-refractivity contribution in [2.24, 2.45) is 0 Å². The predicted molar refractivity (Wildman–Crippen MR) is 129 cm³/mol. The number of hydrogen-bond acceptors (Lipinski definition) is 5. The summed E-state index contributed by atoms with van der Waals surface area (Å²) >= 11 is 0. The first-order valence-corrected chi connectivity index (χ1v) is 11.6. The minimum Gasteiger partial charge on any atom is -0.490 e. The normalized spacial score (nSPS) is 14.6. The highest BCUT2D eigenvalue weighted by Crippen LogP contribution is 2.30. The Morgan fingerprint density at radius 3 is 2.58 bits per heavy atom. The molecule has 1 saturated heterocycles. The summed E-state index contributed by atoms with van der Waals surface area (Å²) in [6.45, 7) is 5.47. The average molecular weight is 446 g/mol. The van der Waals surface area contributed by atoms with Crippen molar-refractivity contribution in [3.63, 3.8) is 0 Å². The molecule has 1 unspecified atom stereocenters. The van der Waals surface area contributed by atoms with Crippen LogP contribution in [0.5, 0.6) is 11.5 Å². The smallest absolute Gasteiger partial charge is 0.251 e. The van der Waals surface area contributed by atoms with Crippen LogP contribution < -0.4 is 14.8 Å². The molecule has 1 N–H and O–H groups in total. The third kappa shape index (κ3) is 6.11. The summed E-state index contributed by atoms with van der Waals surface area (Å²) in [5.74, 6) is 1.06. The zero-order valence-corrected chi connectivity index (χ0v) is 19.1. The Morgan fingerprint density at radius 1 is 1.03 bits per heavy atom. The molecule has 0 aliphatic carbocycles. The van der Waals surface area contributed by atoms with Crippen LogP contribution in [0.3, 0.4) is 0 Å². The molecule has 0 spiro atoms. The average Bonchev–Trinajstić information content (AvgIpc) is 3.39. The summed E-state index contributed by atoms with van der Waals surface area (Å²) in [5, 5.41) is 3.14. The fourth-order valence-electron chi connectivity index (χ4n) is 4.16. The molecule has 6 nitrogen and oxygen atoms in total. The molecule has 0 bridgehead atoms. The minimum atomic E-state index is -0.116. The predicted octanol–water partition coefficient (Wildman–Crippen LogP) is 4.63. The van der Waals surface area contributed by atoms with E-state index in [1.807, 2.05) is 25.1 Å². The monoisotopic (exact) mass is 445 g/mol. The number of aromatic nitrogens is 1. The topological polar surface area (TPSA) is 63.7 Å². The van der Waals surface area contributed by atoms with Crippen LogP contribution >= 0.6 is 0 Å². The molecule has 1 aliphatic heterocycles. The number of amides is 1. The van der Waals surface area contributed by atoms with Gasteiger partial charge in [-0.25, -0.2) is 0 Å². The maximum atomic E-state index is 13.0. The number of ether oxygens (including phenoxy) is 2. The number of nitrogens with one attached hydrogen (secondary N) is 1. The highest BCUT2D eigenvalue weighted by molar-refractivity contribution is 5.94. The van der Waals surface area contributed by atoms with E-state index < -0.39 is 0 Å². The van der Waals surface area contributed by atoms with Gasteiger partial charge in [-0.05, 0) is 62.7 Å². The quantitative estimate of drug-likeness (QED) is 0.493. The van der Waals surface area contributed by atoms with Gasteiger partial charge in [-0.15, -0.1) is 0 Å². The highest BCUT2D eigenvalue weighted by Gasteiger charge is 2.24. The molecule has 0 saturated carbocycles. The van der Waals surface area contributed by atoms with E-state index in [9.17, 15) is 4.79 Å². The van der Waals surface area contributed by atoms with Gasteiger partial charge in [0.1, 0.15) is 6.61 Å². The maximum Gasteiger partial charge on any atom is 0.251 e. The third-order valence-electron chi connectivity index (χ3n) is 5.84. The van der Waals surface area contributed by atoms with Crippen LogP contribution in [0.4, 0.5) is 0 Å². The van der Waals surface area contributed by atoms with Crippen LogP contribution in [0, 0.1) is 0 Å². The standard InChI is InChI=1S/C27H31N3O3/c1-2-32-26-17-23(12-13-25(26)33-20-21-9-8-14-28-18-21)27(31)29-19-24(30-15-6-7-16-30)22-10-4-3-5-11-22/h3-5,8-14,17-18,24H,2,6-7,15-16,19-20H2,1H3,(H,29,31). The van der Waals surface area contributed by atoms with Crippen LogP contribution in [0.25, 0.3) is 0 Å². The Labute approximate surface area is 195 Å². The summed E-state index contributed by atoms with van der Waals surface area (Å²) in [7, 11) is 0. The number of pyridine rings is 1. The minimum absolute atomic E-state index is 0.116. The van der Waals surface area contributed by atoms with E-state index in [4.69, 9.17) is 9.47 Å². The van der Waals surface area contributed by atoms with E-state index in [2.05, 4.69) is 39.5 Å². The molecule has 172 valence electrons. The van der Waals surface area contributed by atoms with E-state index in [0.717, 1.165) is 18.7 Å². The number of hydrogen-bond donors (Lipinski definition) is 1. The van der Waals surface area contributed by atoms with Crippen molar-refractivity contribution < 1.29 is 14.3 Å². The maximum absolute atomic E-state index is 13.0. The van der Waals surface area contributed by atoms with Gasteiger partial charge in [0.2, 0.25) is 0 Å². The SMILES string of the molecule is CCOc1cc(C(=O)NCC(c2ccccc2)N2CCCC2)ccc1OCc1cccnc1. The summed E-state index contributed by atoms with van der Waals surface area (Å²) < 4.78 is 11.7. The second-order valence-electron chi connectivity index (χ2n) is 8.12. The van der Waals surface area contributed by atoms with Crippen molar-refractivity contribution in [1.29, 1.82) is 0 Å². The molecular formula is C27H31N3O3. The fraction of sp³-hybridized carbons (Fsp3) is 0.333. The molecule has 1 atom stereocenters. The first-order valence-electron chi connectivity index (χ1n) is 11.6. The van der Waals surface area contributed by atoms with Crippen molar-refractivity contribution in [2.75, 3.05) is 26.2 Å². The van der Waals surface area contributed by atoms with E-state index in [1.54, 1.807) is 30.6 Å². The number of carbonyl (C=O) groups is 1. The fourth-order valence-corrected chi connectivity index (χ4v) is 4.16. The lowest BCUT2D eigenvalue weighted by atomic mass is 10.1. The van der Waals surface area contributed by atoms with Crippen molar-refractivity contribution in [3.8, 4) is 11.5 Å². The van der Waals surface area contributed by atoms with E-state index in [0.29, 0.717) is 36.8 Å². The zero-order valence-electron chi connectivity index (χ0n) is 19.1. The lowest BCUT2D eigenvalue weighted by Crippen LogP contribution is -2.36. The lowest BCUT2D eigenvalue weighted by Gasteiger charge is -2.28. The van der Waals surface area contributed by atoms with Gasteiger partial charge in [-0.2, -0.15) is 0 Å². The summed E-state index contributed by atoms with van der Waals surface area (Å²) in [6.07, 6.45) is 5.91. The summed E-state index contributed by atoms with van der Waals surface area (Å²) in [4.78, 5) is 19.6. The third-order valence-corrected chi connectivity index (χ3v) is 5.84. The zero-order chi connectivity index (χ0) is 22.9. The molecule has 4 rings (SSSR count). The number of likely N-dealkylation sites (tertiary alicyclic amines) is 1. The molecule has 2 aromatic carbocycles. The Kier molecular flexibility index (Phi) is 7.93. The lowest BCUT2D eigenvalue weighted by molar-refractivity contribution is 0.0937. The molecule has 1 fully saturated rings. The Hall–Kier alpha value is -3.38. The molecule has 1 aliphatic rings. The Bertz CT molecular complexity index is 1020. The van der Waals surface area contributed by atoms with Gasteiger partial charge in [-0.1, -0.05) is 36.4 Å². The number of benzene rings is 2. The van der Waals surface area contributed by atoms with Crippen LogP contribution in [0.1, 0.15) is 47.3 Å². The molecule has 33 heavy (non-hydrogen) atoms. The molecular weight excluding hydrogens is 414 g/mol. The van der Waals surface area contributed by atoms with Crippen LogP contribution in [0.2, 0.25) is 0 Å². The summed E-state index contributed by atoms with van der Waals surface area (Å²) in [5.41, 5.74) is 2.75. The van der Waals surface area contributed by atoms with Crippen LogP contribution in [0.15, 0.2) is 73.1 Å². The van der Waals surface area contributed by atoms with Crippen molar-refractivity contribution >= 4 is 5.91 Å². The Morgan fingerprint density at radius 2 is 1.85 bits per heavy atom. The largest absolute Gasteiger partial charge is 0.490 e. The van der Waals surface area contributed by atoms with Gasteiger partial charge in [0, 0.05) is 30.1 Å². The first-order chi connectivity index (χ1) is 16.2. The van der Waals surface area contributed by atoms with Crippen molar-refractivity contribution in [2.45, 2.75) is 32.4 Å². The van der Waals surface area contributed by atoms with Crippen molar-refractivity contribution in [3.05, 3.63) is 89.7 Å². The first kappa shape index (κ1) is 22.8. The second kappa shape index (κ2) is 11.5. The Balaban J connectivity index is 1.43. The van der Waals surface area contributed by atoms with Crippen molar-refractivity contribution in [1.82, 2.24) is 15.2 Å². The number of nitrogens with zero attached hydrogens (tertiary/aromatic N) is 2. The highest BCUT2D eigenvalue weighted by atomic mass is 16.5. The molecule has 1 aromatic heterocycles. The van der Waals surface area contributed by atoms with E-state index >= 15 is 0 Å².